The summed E-state index contributed by atoms with van der Waals surface area (Å²) in [6, 6.07) is 10.2. The predicted octanol–water partition coefficient (Wildman–Crippen LogP) is 1.74. The molecule has 3 rings (SSSR count). The fourth-order valence-electron chi connectivity index (χ4n) is 2.56. The average molecular weight is 253 g/mol. The summed E-state index contributed by atoms with van der Waals surface area (Å²) < 4.78 is 0. The highest BCUT2D eigenvalue weighted by Gasteiger charge is 2.24. The molecule has 0 bridgehead atoms. The Morgan fingerprint density at radius 1 is 1.26 bits per heavy atom. The lowest BCUT2D eigenvalue weighted by atomic mass is 10.1. The molecule has 19 heavy (non-hydrogen) atoms. The number of amides is 1. The van der Waals surface area contributed by atoms with Crippen LogP contribution in [0, 0.1) is 0 Å². The fourth-order valence-corrected chi connectivity index (χ4v) is 2.56. The zero-order valence-electron chi connectivity index (χ0n) is 10.5. The van der Waals surface area contributed by atoms with Gasteiger partial charge in [0.1, 0.15) is 0 Å². The van der Waals surface area contributed by atoms with Crippen molar-refractivity contribution in [1.29, 1.82) is 0 Å². The Balaban J connectivity index is 1.95. The Hall–Kier alpha value is -2.36. The van der Waals surface area contributed by atoms with Crippen molar-refractivity contribution in [1.82, 2.24) is 4.98 Å². The number of rotatable bonds is 3. The van der Waals surface area contributed by atoms with Crippen molar-refractivity contribution in [2.45, 2.75) is 13.0 Å². The van der Waals surface area contributed by atoms with E-state index in [1.807, 2.05) is 24.4 Å². The number of anilines is 1. The molecule has 2 aromatic rings. The Morgan fingerprint density at radius 2 is 2.05 bits per heavy atom. The number of hydrogen-bond donors (Lipinski definition) is 1. The first-order valence-corrected chi connectivity index (χ1v) is 6.31. The largest absolute Gasteiger partial charge is 0.366 e. The van der Waals surface area contributed by atoms with Crippen LogP contribution in [0.2, 0.25) is 0 Å². The fraction of sp³-hybridized carbons (Fsp3) is 0.200. The van der Waals surface area contributed by atoms with Crippen LogP contribution in [0.25, 0.3) is 0 Å². The zero-order chi connectivity index (χ0) is 13.2. The van der Waals surface area contributed by atoms with Gasteiger partial charge in [0.05, 0.1) is 11.3 Å². The number of hydrogen-bond acceptors (Lipinski definition) is 3. The Kier molecular flexibility index (Phi) is 2.91. The standard InChI is InChI=1S/C15H15N3O/c16-15(19)13-9-17-8-12-6-7-18(14(12)13)10-11-4-2-1-3-5-11/h1-5,8-9H,6-7,10H2,(H2,16,19). The number of primary amides is 1. The van der Waals surface area contributed by atoms with Gasteiger partial charge in [0.15, 0.2) is 0 Å². The first kappa shape index (κ1) is 11.7. The van der Waals surface area contributed by atoms with Gasteiger partial charge in [0, 0.05) is 25.5 Å². The van der Waals surface area contributed by atoms with E-state index in [0.717, 1.165) is 30.8 Å². The molecule has 0 saturated heterocycles. The Bertz CT molecular complexity index is 610. The molecule has 0 spiro atoms. The summed E-state index contributed by atoms with van der Waals surface area (Å²) in [4.78, 5) is 17.8. The van der Waals surface area contributed by atoms with E-state index in [1.165, 1.54) is 5.56 Å². The van der Waals surface area contributed by atoms with E-state index in [2.05, 4.69) is 22.0 Å². The van der Waals surface area contributed by atoms with E-state index in [-0.39, 0.29) is 0 Å². The smallest absolute Gasteiger partial charge is 0.252 e. The lowest BCUT2D eigenvalue weighted by Crippen LogP contribution is -2.23. The second kappa shape index (κ2) is 4.72. The van der Waals surface area contributed by atoms with Crippen molar-refractivity contribution in [2.75, 3.05) is 11.4 Å². The number of benzene rings is 1. The van der Waals surface area contributed by atoms with E-state index in [4.69, 9.17) is 5.73 Å². The van der Waals surface area contributed by atoms with Gasteiger partial charge in [-0.2, -0.15) is 0 Å². The number of carbonyl (C=O) groups is 1. The van der Waals surface area contributed by atoms with Gasteiger partial charge >= 0.3 is 0 Å². The first-order valence-electron chi connectivity index (χ1n) is 6.31. The van der Waals surface area contributed by atoms with E-state index in [9.17, 15) is 4.79 Å². The SMILES string of the molecule is NC(=O)c1cncc2c1N(Cc1ccccc1)CC2. The number of pyridine rings is 1. The van der Waals surface area contributed by atoms with Crippen LogP contribution in [0.1, 0.15) is 21.5 Å². The number of aromatic nitrogens is 1. The lowest BCUT2D eigenvalue weighted by molar-refractivity contribution is 0.100. The summed E-state index contributed by atoms with van der Waals surface area (Å²) in [7, 11) is 0. The minimum Gasteiger partial charge on any atom is -0.366 e. The van der Waals surface area contributed by atoms with Gasteiger partial charge in [-0.3, -0.25) is 9.78 Å². The lowest BCUT2D eigenvalue weighted by Gasteiger charge is -2.21. The van der Waals surface area contributed by atoms with E-state index >= 15 is 0 Å². The van der Waals surface area contributed by atoms with Gasteiger partial charge < -0.3 is 10.6 Å². The van der Waals surface area contributed by atoms with Crippen molar-refractivity contribution < 1.29 is 4.79 Å². The van der Waals surface area contributed by atoms with Crippen LogP contribution in [0.3, 0.4) is 0 Å². The maximum Gasteiger partial charge on any atom is 0.252 e. The zero-order valence-corrected chi connectivity index (χ0v) is 10.5. The maximum atomic E-state index is 11.5. The minimum atomic E-state index is -0.413. The van der Waals surface area contributed by atoms with Gasteiger partial charge in [-0.05, 0) is 17.5 Å². The van der Waals surface area contributed by atoms with Crippen LogP contribution in [0.4, 0.5) is 5.69 Å². The molecule has 4 nitrogen and oxygen atoms in total. The van der Waals surface area contributed by atoms with Crippen LogP contribution in [0.5, 0.6) is 0 Å². The maximum absolute atomic E-state index is 11.5. The molecule has 0 fully saturated rings. The quantitative estimate of drug-likeness (QED) is 0.906. The van der Waals surface area contributed by atoms with Crippen LogP contribution < -0.4 is 10.6 Å². The second-order valence-electron chi connectivity index (χ2n) is 4.72. The molecule has 2 N–H and O–H groups in total. The molecule has 1 aromatic carbocycles. The molecular formula is C15H15N3O. The third-order valence-electron chi connectivity index (χ3n) is 3.44. The number of carbonyl (C=O) groups excluding carboxylic acids is 1. The molecular weight excluding hydrogens is 238 g/mol. The van der Waals surface area contributed by atoms with Crippen LogP contribution in [0.15, 0.2) is 42.7 Å². The van der Waals surface area contributed by atoms with Gasteiger partial charge in [0.2, 0.25) is 0 Å². The molecule has 1 aliphatic rings. The van der Waals surface area contributed by atoms with E-state index in [0.29, 0.717) is 5.56 Å². The summed E-state index contributed by atoms with van der Waals surface area (Å²) in [6.45, 7) is 1.69. The Morgan fingerprint density at radius 3 is 2.79 bits per heavy atom. The monoisotopic (exact) mass is 253 g/mol. The molecule has 96 valence electrons. The predicted molar refractivity (Wildman–Crippen MR) is 74.0 cm³/mol. The van der Waals surface area contributed by atoms with Gasteiger partial charge in [-0.25, -0.2) is 0 Å². The Labute approximate surface area is 111 Å². The molecule has 1 aliphatic heterocycles. The summed E-state index contributed by atoms with van der Waals surface area (Å²) in [5.41, 5.74) is 9.24. The molecule has 0 saturated carbocycles. The molecule has 1 aromatic heterocycles. The van der Waals surface area contributed by atoms with Gasteiger partial charge in [-0.1, -0.05) is 30.3 Å². The third-order valence-corrected chi connectivity index (χ3v) is 3.44. The van der Waals surface area contributed by atoms with Gasteiger partial charge in [0.25, 0.3) is 5.91 Å². The number of nitrogens with two attached hydrogens (primary N) is 1. The summed E-state index contributed by atoms with van der Waals surface area (Å²) >= 11 is 0. The number of fused-ring (bicyclic) bond motifs is 1. The molecule has 0 aliphatic carbocycles. The summed E-state index contributed by atoms with van der Waals surface area (Å²) in [5.74, 6) is -0.413. The van der Waals surface area contributed by atoms with Crippen molar-refractivity contribution in [3.8, 4) is 0 Å². The van der Waals surface area contributed by atoms with E-state index in [1.54, 1.807) is 6.20 Å². The average Bonchev–Trinajstić information content (AvgIpc) is 2.83. The van der Waals surface area contributed by atoms with Gasteiger partial charge in [-0.15, -0.1) is 0 Å². The highest BCUT2D eigenvalue weighted by Crippen LogP contribution is 2.31. The molecule has 4 heteroatoms. The minimum absolute atomic E-state index is 0.413. The van der Waals surface area contributed by atoms with Crippen molar-refractivity contribution >= 4 is 11.6 Å². The second-order valence-corrected chi connectivity index (χ2v) is 4.72. The van der Waals surface area contributed by atoms with Crippen molar-refractivity contribution in [2.24, 2.45) is 5.73 Å². The first-order chi connectivity index (χ1) is 9.25. The third kappa shape index (κ3) is 2.17. The highest BCUT2D eigenvalue weighted by atomic mass is 16.1. The molecule has 0 unspecified atom stereocenters. The topological polar surface area (TPSA) is 59.2 Å². The van der Waals surface area contributed by atoms with Crippen molar-refractivity contribution in [3.63, 3.8) is 0 Å². The van der Waals surface area contributed by atoms with Crippen LogP contribution in [-0.2, 0) is 13.0 Å². The summed E-state index contributed by atoms with van der Waals surface area (Å²) in [5, 5.41) is 0. The van der Waals surface area contributed by atoms with Crippen molar-refractivity contribution in [3.05, 3.63) is 59.4 Å². The summed E-state index contributed by atoms with van der Waals surface area (Å²) in [6.07, 6.45) is 4.30. The van der Waals surface area contributed by atoms with E-state index < -0.39 is 5.91 Å². The normalized spacial score (nSPS) is 13.4. The number of nitrogens with zero attached hydrogens (tertiary/aromatic N) is 2. The highest BCUT2D eigenvalue weighted by molar-refractivity contribution is 5.99. The molecule has 1 amide bonds. The molecule has 2 heterocycles. The molecule has 0 radical (unpaired) electrons. The van der Waals surface area contributed by atoms with Crippen LogP contribution in [-0.4, -0.2) is 17.4 Å². The van der Waals surface area contributed by atoms with Crippen LogP contribution >= 0.6 is 0 Å². The molecule has 0 atom stereocenters.